The minimum absolute atomic E-state index is 0.0147. The number of nitrogens with zero attached hydrogens (tertiary/aromatic N) is 1. The van der Waals surface area contributed by atoms with E-state index in [1.54, 1.807) is 11.9 Å². The third-order valence-electron chi connectivity index (χ3n) is 2.93. The highest BCUT2D eigenvalue weighted by atomic mass is 16.4. The third-order valence-corrected chi connectivity index (χ3v) is 2.93. The zero-order chi connectivity index (χ0) is 12.2. The second-order valence-corrected chi connectivity index (χ2v) is 4.22. The lowest BCUT2D eigenvalue weighted by molar-refractivity contribution is -0.140. The summed E-state index contributed by atoms with van der Waals surface area (Å²) in [5.74, 6) is -0.857. The Morgan fingerprint density at radius 1 is 1.50 bits per heavy atom. The molecule has 1 aliphatic heterocycles. The molecule has 0 aromatic carbocycles. The largest absolute Gasteiger partial charge is 0.481 e. The van der Waals surface area contributed by atoms with Crippen LogP contribution in [0, 0.1) is 0 Å². The lowest BCUT2D eigenvalue weighted by Gasteiger charge is -2.42. The van der Waals surface area contributed by atoms with E-state index in [1.807, 2.05) is 6.92 Å². The molecule has 0 bridgehead atoms. The summed E-state index contributed by atoms with van der Waals surface area (Å²) in [6.45, 7) is 3.95. The number of hydrogen-bond acceptors (Lipinski definition) is 4. The van der Waals surface area contributed by atoms with Crippen LogP contribution in [0.2, 0.25) is 0 Å². The molecule has 6 nitrogen and oxygen atoms in total. The fourth-order valence-electron chi connectivity index (χ4n) is 1.60. The van der Waals surface area contributed by atoms with E-state index in [4.69, 9.17) is 5.11 Å². The van der Waals surface area contributed by atoms with Gasteiger partial charge in [-0.3, -0.25) is 14.9 Å². The normalized spacial score (nSPS) is 17.6. The first-order valence-electron chi connectivity index (χ1n) is 5.40. The second-order valence-electron chi connectivity index (χ2n) is 4.22. The monoisotopic (exact) mass is 229 g/mol. The van der Waals surface area contributed by atoms with Gasteiger partial charge in [0.2, 0.25) is 5.91 Å². The summed E-state index contributed by atoms with van der Waals surface area (Å²) in [6, 6.07) is 0. The van der Waals surface area contributed by atoms with Crippen molar-refractivity contribution >= 4 is 11.9 Å². The van der Waals surface area contributed by atoms with Gasteiger partial charge in [0, 0.05) is 26.7 Å². The zero-order valence-electron chi connectivity index (χ0n) is 9.75. The molecule has 1 saturated heterocycles. The molecule has 0 radical (unpaired) electrons. The Morgan fingerprint density at radius 3 is 2.50 bits per heavy atom. The molecule has 6 heteroatoms. The first-order chi connectivity index (χ1) is 7.49. The molecule has 0 aliphatic carbocycles. The Hall–Kier alpha value is -1.14. The summed E-state index contributed by atoms with van der Waals surface area (Å²) >= 11 is 0. The molecule has 0 spiro atoms. The van der Waals surface area contributed by atoms with Crippen LogP contribution in [0.25, 0.3) is 0 Å². The summed E-state index contributed by atoms with van der Waals surface area (Å²) in [7, 11) is 1.73. The molecular formula is C10H19N3O3. The number of likely N-dealkylation sites (N-methyl/N-ethyl adjacent to an activating group) is 1. The molecule has 0 aromatic rings. The molecule has 16 heavy (non-hydrogen) atoms. The molecule has 1 amide bonds. The van der Waals surface area contributed by atoms with Crippen molar-refractivity contribution in [3.8, 4) is 0 Å². The Balaban J connectivity index is 2.40. The highest BCUT2D eigenvalue weighted by Crippen LogP contribution is 2.15. The number of carbonyl (C=O) groups excluding carboxylic acids is 1. The van der Waals surface area contributed by atoms with Crippen LogP contribution in [0.4, 0.5) is 0 Å². The first kappa shape index (κ1) is 12.9. The van der Waals surface area contributed by atoms with Gasteiger partial charge in [0.15, 0.2) is 0 Å². The quantitative estimate of drug-likeness (QED) is 0.537. The van der Waals surface area contributed by atoms with Crippen LogP contribution in [0.5, 0.6) is 0 Å². The Labute approximate surface area is 95.0 Å². The smallest absolute Gasteiger partial charge is 0.305 e. The molecule has 92 valence electrons. The molecule has 0 unspecified atom stereocenters. The average Bonchev–Trinajstić information content (AvgIpc) is 2.19. The number of nitrogens with one attached hydrogen (secondary N) is 2. The maximum atomic E-state index is 11.5. The average molecular weight is 229 g/mol. The van der Waals surface area contributed by atoms with E-state index in [1.165, 1.54) is 0 Å². The van der Waals surface area contributed by atoms with E-state index in [2.05, 4.69) is 10.6 Å². The molecule has 0 saturated carbocycles. The summed E-state index contributed by atoms with van der Waals surface area (Å²) in [6.07, 6.45) is 0.0448. The van der Waals surface area contributed by atoms with Crippen LogP contribution in [0.15, 0.2) is 0 Å². The summed E-state index contributed by atoms with van der Waals surface area (Å²) < 4.78 is 0. The fourth-order valence-corrected chi connectivity index (χ4v) is 1.60. The van der Waals surface area contributed by atoms with Crippen molar-refractivity contribution in [2.75, 3.05) is 33.2 Å². The summed E-state index contributed by atoms with van der Waals surface area (Å²) in [5, 5.41) is 14.8. The van der Waals surface area contributed by atoms with Crippen molar-refractivity contribution in [2.24, 2.45) is 0 Å². The van der Waals surface area contributed by atoms with Gasteiger partial charge in [-0.05, 0) is 6.92 Å². The van der Waals surface area contributed by atoms with Gasteiger partial charge in [0.1, 0.15) is 0 Å². The number of hydrogen-bond donors (Lipinski definition) is 3. The van der Waals surface area contributed by atoms with E-state index in [0.717, 1.165) is 0 Å². The van der Waals surface area contributed by atoms with E-state index < -0.39 is 11.5 Å². The van der Waals surface area contributed by atoms with Crippen LogP contribution in [-0.2, 0) is 9.59 Å². The minimum Gasteiger partial charge on any atom is -0.481 e. The standard InChI is InChI=1S/C10H19N3O3/c1-3-13(2)8(14)5-12-10(4-9(15)16)6-11-7-10/h11-12H,3-7H2,1-2H3,(H,15,16). The van der Waals surface area contributed by atoms with E-state index in [-0.39, 0.29) is 18.9 Å². The van der Waals surface area contributed by atoms with Crippen molar-refractivity contribution in [2.45, 2.75) is 18.9 Å². The lowest BCUT2D eigenvalue weighted by atomic mass is 9.88. The lowest BCUT2D eigenvalue weighted by Crippen LogP contribution is -2.69. The number of rotatable bonds is 6. The Bertz CT molecular complexity index is 276. The third kappa shape index (κ3) is 3.18. The van der Waals surface area contributed by atoms with Crippen LogP contribution in [0.1, 0.15) is 13.3 Å². The van der Waals surface area contributed by atoms with Crippen LogP contribution >= 0.6 is 0 Å². The molecule has 0 atom stereocenters. The molecule has 1 heterocycles. The summed E-state index contributed by atoms with van der Waals surface area (Å²) in [5.41, 5.74) is -0.448. The zero-order valence-corrected chi connectivity index (χ0v) is 9.75. The van der Waals surface area contributed by atoms with Crippen LogP contribution in [-0.4, -0.2) is 60.6 Å². The van der Waals surface area contributed by atoms with Crippen molar-refractivity contribution in [1.82, 2.24) is 15.5 Å². The summed E-state index contributed by atoms with van der Waals surface area (Å²) in [4.78, 5) is 23.8. The topological polar surface area (TPSA) is 81.7 Å². The number of carboxylic acid groups (broad SMARTS) is 1. The molecular weight excluding hydrogens is 210 g/mol. The predicted octanol–water partition coefficient (Wildman–Crippen LogP) is -1.13. The van der Waals surface area contributed by atoms with Gasteiger partial charge in [-0.15, -0.1) is 0 Å². The van der Waals surface area contributed by atoms with Gasteiger partial charge in [0.05, 0.1) is 18.5 Å². The molecule has 1 rings (SSSR count). The van der Waals surface area contributed by atoms with Gasteiger partial charge >= 0.3 is 5.97 Å². The van der Waals surface area contributed by atoms with Gasteiger partial charge in [-0.2, -0.15) is 0 Å². The first-order valence-corrected chi connectivity index (χ1v) is 5.40. The van der Waals surface area contributed by atoms with Crippen LogP contribution < -0.4 is 10.6 Å². The number of carbonyl (C=O) groups is 2. The maximum absolute atomic E-state index is 11.5. The second kappa shape index (κ2) is 5.27. The Kier molecular flexibility index (Phi) is 4.26. The number of amides is 1. The van der Waals surface area contributed by atoms with Gasteiger partial charge < -0.3 is 15.3 Å². The highest BCUT2D eigenvalue weighted by molar-refractivity contribution is 5.78. The SMILES string of the molecule is CCN(C)C(=O)CNC1(CC(=O)O)CNC1. The van der Waals surface area contributed by atoms with Gasteiger partial charge in [-0.1, -0.05) is 0 Å². The van der Waals surface area contributed by atoms with Gasteiger partial charge in [-0.25, -0.2) is 0 Å². The molecule has 3 N–H and O–H groups in total. The van der Waals surface area contributed by atoms with Crippen molar-refractivity contribution < 1.29 is 14.7 Å². The van der Waals surface area contributed by atoms with Crippen molar-refractivity contribution in [1.29, 1.82) is 0 Å². The molecule has 0 aromatic heterocycles. The van der Waals surface area contributed by atoms with E-state index in [0.29, 0.717) is 19.6 Å². The van der Waals surface area contributed by atoms with Gasteiger partial charge in [0.25, 0.3) is 0 Å². The Morgan fingerprint density at radius 2 is 2.12 bits per heavy atom. The van der Waals surface area contributed by atoms with E-state index in [9.17, 15) is 9.59 Å². The molecule has 1 fully saturated rings. The maximum Gasteiger partial charge on any atom is 0.305 e. The predicted molar refractivity (Wildman–Crippen MR) is 59.2 cm³/mol. The number of aliphatic carboxylic acids is 1. The fraction of sp³-hybridized carbons (Fsp3) is 0.800. The van der Waals surface area contributed by atoms with Crippen LogP contribution in [0.3, 0.4) is 0 Å². The molecule has 1 aliphatic rings. The highest BCUT2D eigenvalue weighted by Gasteiger charge is 2.38. The van der Waals surface area contributed by atoms with E-state index >= 15 is 0 Å². The van der Waals surface area contributed by atoms with Crippen molar-refractivity contribution in [3.63, 3.8) is 0 Å². The van der Waals surface area contributed by atoms with Crippen molar-refractivity contribution in [3.05, 3.63) is 0 Å². The minimum atomic E-state index is -0.842. The number of carboxylic acids is 1.